The van der Waals surface area contributed by atoms with Gasteiger partial charge in [-0.1, -0.05) is 0 Å². The van der Waals surface area contributed by atoms with Crippen molar-refractivity contribution in [3.05, 3.63) is 12.3 Å². The molecule has 0 amide bonds. The molecule has 1 rings (SSSR count). The van der Waals surface area contributed by atoms with Crippen LogP contribution in [-0.2, 0) is 4.74 Å². The Balaban J connectivity index is 2.30. The van der Waals surface area contributed by atoms with Crippen molar-refractivity contribution in [2.24, 2.45) is 0 Å². The number of hydrogen-bond donors (Lipinski definition) is 1. The summed E-state index contributed by atoms with van der Waals surface area (Å²) in [7, 11) is 1.58. The minimum absolute atomic E-state index is 0.248. The molecule has 0 saturated carbocycles. The monoisotopic (exact) mass is 211 g/mol. The Kier molecular flexibility index (Phi) is 4.83. The van der Waals surface area contributed by atoms with E-state index in [-0.39, 0.29) is 6.10 Å². The summed E-state index contributed by atoms with van der Waals surface area (Å²) < 4.78 is 10.3. The van der Waals surface area contributed by atoms with Crippen molar-refractivity contribution >= 4 is 5.95 Å². The first-order valence-electron chi connectivity index (χ1n) is 4.95. The average molecular weight is 211 g/mol. The Morgan fingerprint density at radius 2 is 2.27 bits per heavy atom. The lowest BCUT2D eigenvalue weighted by Crippen LogP contribution is -2.14. The quantitative estimate of drug-likeness (QED) is 0.719. The van der Waals surface area contributed by atoms with Gasteiger partial charge in [0, 0.05) is 18.8 Å². The van der Waals surface area contributed by atoms with Gasteiger partial charge in [0.05, 0.1) is 19.8 Å². The molecule has 1 aromatic heterocycles. The van der Waals surface area contributed by atoms with Gasteiger partial charge in [-0.2, -0.15) is 4.98 Å². The highest BCUT2D eigenvalue weighted by atomic mass is 16.5. The van der Waals surface area contributed by atoms with Crippen LogP contribution in [0.3, 0.4) is 0 Å². The van der Waals surface area contributed by atoms with E-state index in [1.807, 2.05) is 13.8 Å². The number of rotatable bonds is 6. The van der Waals surface area contributed by atoms with Gasteiger partial charge in [0.1, 0.15) is 0 Å². The van der Waals surface area contributed by atoms with Gasteiger partial charge in [-0.15, -0.1) is 0 Å². The lowest BCUT2D eigenvalue weighted by Gasteiger charge is -2.08. The highest BCUT2D eigenvalue weighted by molar-refractivity contribution is 5.27. The van der Waals surface area contributed by atoms with E-state index in [2.05, 4.69) is 15.3 Å². The number of anilines is 1. The predicted octanol–water partition coefficient (Wildman–Crippen LogP) is 1.32. The van der Waals surface area contributed by atoms with Gasteiger partial charge in [-0.3, -0.25) is 0 Å². The summed E-state index contributed by atoms with van der Waals surface area (Å²) in [5.74, 6) is 1.11. The molecule has 5 heteroatoms. The van der Waals surface area contributed by atoms with Gasteiger partial charge in [-0.25, -0.2) is 4.98 Å². The van der Waals surface area contributed by atoms with Crippen LogP contribution in [0.1, 0.15) is 13.8 Å². The maximum atomic E-state index is 5.37. The summed E-state index contributed by atoms with van der Waals surface area (Å²) in [5.41, 5.74) is 0. The molecule has 0 spiro atoms. The highest BCUT2D eigenvalue weighted by Crippen LogP contribution is 2.06. The summed E-state index contributed by atoms with van der Waals surface area (Å²) in [5, 5.41) is 3.05. The summed E-state index contributed by atoms with van der Waals surface area (Å²) in [6.45, 7) is 5.33. The number of methoxy groups -OCH3 is 1. The molecule has 1 heterocycles. The molecule has 0 fully saturated rings. The van der Waals surface area contributed by atoms with Gasteiger partial charge >= 0.3 is 0 Å². The zero-order valence-electron chi connectivity index (χ0n) is 9.36. The maximum Gasteiger partial charge on any atom is 0.226 e. The predicted molar refractivity (Wildman–Crippen MR) is 58.2 cm³/mol. The largest absolute Gasteiger partial charge is 0.481 e. The first-order valence-corrected chi connectivity index (χ1v) is 4.95. The van der Waals surface area contributed by atoms with Crippen LogP contribution in [0.5, 0.6) is 5.88 Å². The summed E-state index contributed by atoms with van der Waals surface area (Å²) >= 11 is 0. The second-order valence-electron chi connectivity index (χ2n) is 3.27. The molecular weight excluding hydrogens is 194 g/mol. The number of aromatic nitrogens is 2. The van der Waals surface area contributed by atoms with Crippen LogP contribution in [0.25, 0.3) is 0 Å². The van der Waals surface area contributed by atoms with E-state index in [0.717, 1.165) is 0 Å². The molecule has 15 heavy (non-hydrogen) atoms. The Morgan fingerprint density at radius 3 is 2.93 bits per heavy atom. The van der Waals surface area contributed by atoms with Crippen LogP contribution < -0.4 is 10.1 Å². The molecular formula is C10H17N3O2. The van der Waals surface area contributed by atoms with Gasteiger partial charge in [0.2, 0.25) is 11.8 Å². The zero-order valence-corrected chi connectivity index (χ0v) is 9.36. The fourth-order valence-corrected chi connectivity index (χ4v) is 0.998. The maximum absolute atomic E-state index is 5.37. The molecule has 0 aromatic carbocycles. The van der Waals surface area contributed by atoms with Gasteiger partial charge in [0.25, 0.3) is 0 Å². The lowest BCUT2D eigenvalue weighted by atomic mass is 10.5. The van der Waals surface area contributed by atoms with Crippen LogP contribution in [0.4, 0.5) is 5.95 Å². The zero-order chi connectivity index (χ0) is 11.1. The molecule has 0 aliphatic heterocycles. The third-order valence-electron chi connectivity index (χ3n) is 1.68. The van der Waals surface area contributed by atoms with Gasteiger partial charge in [0.15, 0.2) is 0 Å². The number of hydrogen-bond acceptors (Lipinski definition) is 5. The van der Waals surface area contributed by atoms with Gasteiger partial charge < -0.3 is 14.8 Å². The van der Waals surface area contributed by atoms with E-state index in [1.54, 1.807) is 19.4 Å². The smallest absolute Gasteiger partial charge is 0.226 e. The third kappa shape index (κ3) is 4.60. The van der Waals surface area contributed by atoms with Crippen LogP contribution in [0.2, 0.25) is 0 Å². The van der Waals surface area contributed by atoms with E-state index in [4.69, 9.17) is 9.47 Å². The number of nitrogens with zero attached hydrogens (tertiary/aromatic N) is 2. The first kappa shape index (κ1) is 11.7. The van der Waals surface area contributed by atoms with Crippen LogP contribution in [0, 0.1) is 0 Å². The standard InChI is InChI=1S/C10H17N3O2/c1-8(2)15-7-6-12-10-11-5-4-9(13-10)14-3/h4-5,8H,6-7H2,1-3H3,(H,11,12,13). The third-order valence-corrected chi connectivity index (χ3v) is 1.68. The molecule has 0 atom stereocenters. The van der Waals surface area contributed by atoms with Crippen molar-refractivity contribution in [2.75, 3.05) is 25.6 Å². The van der Waals surface area contributed by atoms with Crippen LogP contribution >= 0.6 is 0 Å². The molecule has 5 nitrogen and oxygen atoms in total. The van der Waals surface area contributed by atoms with Gasteiger partial charge in [-0.05, 0) is 13.8 Å². The molecule has 0 bridgehead atoms. The van der Waals surface area contributed by atoms with E-state index in [9.17, 15) is 0 Å². The van der Waals surface area contributed by atoms with Crippen molar-refractivity contribution in [1.82, 2.24) is 9.97 Å². The first-order chi connectivity index (χ1) is 7.22. The summed E-state index contributed by atoms with van der Waals surface area (Å²) in [4.78, 5) is 8.15. The van der Waals surface area contributed by atoms with Crippen LogP contribution in [0.15, 0.2) is 12.3 Å². The number of nitrogens with one attached hydrogen (secondary N) is 1. The molecule has 0 radical (unpaired) electrons. The normalized spacial score (nSPS) is 10.4. The van der Waals surface area contributed by atoms with E-state index in [0.29, 0.717) is 25.0 Å². The average Bonchev–Trinajstić information content (AvgIpc) is 2.24. The lowest BCUT2D eigenvalue weighted by molar-refractivity contribution is 0.0870. The fraction of sp³-hybridized carbons (Fsp3) is 0.600. The minimum atomic E-state index is 0.248. The van der Waals surface area contributed by atoms with Crippen LogP contribution in [-0.4, -0.2) is 36.3 Å². The SMILES string of the molecule is COc1ccnc(NCCOC(C)C)n1. The molecule has 84 valence electrons. The van der Waals surface area contributed by atoms with Crippen molar-refractivity contribution < 1.29 is 9.47 Å². The molecule has 1 N–H and O–H groups in total. The minimum Gasteiger partial charge on any atom is -0.481 e. The van der Waals surface area contributed by atoms with Crippen molar-refractivity contribution in [1.29, 1.82) is 0 Å². The molecule has 1 aromatic rings. The number of ether oxygens (including phenoxy) is 2. The Hall–Kier alpha value is -1.36. The highest BCUT2D eigenvalue weighted by Gasteiger charge is 1.98. The van der Waals surface area contributed by atoms with Crippen molar-refractivity contribution in [3.8, 4) is 5.88 Å². The molecule has 0 saturated heterocycles. The molecule has 0 aliphatic rings. The summed E-state index contributed by atoms with van der Waals surface area (Å²) in [6, 6.07) is 1.70. The topological polar surface area (TPSA) is 56.3 Å². The van der Waals surface area contributed by atoms with E-state index in [1.165, 1.54) is 0 Å². The Labute approximate surface area is 89.8 Å². The second kappa shape index (κ2) is 6.19. The van der Waals surface area contributed by atoms with E-state index < -0.39 is 0 Å². The fourth-order valence-electron chi connectivity index (χ4n) is 0.998. The van der Waals surface area contributed by atoms with E-state index >= 15 is 0 Å². The Bertz CT molecular complexity index is 292. The molecule has 0 aliphatic carbocycles. The molecule has 0 unspecified atom stereocenters. The Morgan fingerprint density at radius 1 is 1.47 bits per heavy atom. The van der Waals surface area contributed by atoms with Crippen molar-refractivity contribution in [2.45, 2.75) is 20.0 Å². The van der Waals surface area contributed by atoms with Crippen molar-refractivity contribution in [3.63, 3.8) is 0 Å². The second-order valence-corrected chi connectivity index (χ2v) is 3.27. The summed E-state index contributed by atoms with van der Waals surface area (Å²) in [6.07, 6.45) is 1.90.